The van der Waals surface area contributed by atoms with Crippen molar-refractivity contribution in [3.05, 3.63) is 12.2 Å². The molecule has 1 spiro atoms. The first kappa shape index (κ1) is 51.7. The molecule has 0 aromatic rings. The zero-order chi connectivity index (χ0) is 48.7. The molecule has 0 radical (unpaired) electrons. The standard InChI is InChI=1S/C44H70O23/c1-17-11-43-9-5-22-41(2,7-4-8-42(22,3)40(59)66-38-33(58)30(55)26(51)20(14-47)62-38)23(43)6-10-44(17,16-43)67-39-35(65-37-32(57)29(54)25(50)19(13-46)61-37)34(27(52)21(15-48)63-39)64-36-31(56)28(53)24(49)18(12-45)60-36/h18-39,45-58H,1,4-16H2,2-3H3/t18?,19?,20?,21?,22-,23-,24?,25?,26-,27?,28?,29?,30-,31?,32?,33?,34?,35?,36?,37?,38-,39?,41+,42+,43+,44-/m0/s1. The van der Waals surface area contributed by atoms with Crippen molar-refractivity contribution in [2.75, 3.05) is 26.4 Å². The number of carbonyl (C=O) groups excluding carboxylic acids is 1. The summed E-state index contributed by atoms with van der Waals surface area (Å²) in [6.45, 7) is 5.41. The maximum Gasteiger partial charge on any atom is 0.314 e. The molecule has 4 saturated carbocycles. The van der Waals surface area contributed by atoms with E-state index < -0.39 is 177 Å². The van der Waals surface area contributed by atoms with Gasteiger partial charge in [0.25, 0.3) is 0 Å². The molecule has 4 heterocycles. The number of rotatable bonds is 12. The van der Waals surface area contributed by atoms with Gasteiger partial charge in [-0.3, -0.25) is 4.79 Å². The topological polar surface area (TPSA) is 374 Å². The maximum atomic E-state index is 14.3. The molecule has 0 aromatic carbocycles. The number of aliphatic hydroxyl groups excluding tert-OH is 14. The quantitative estimate of drug-likeness (QED) is 0.0494. The predicted octanol–water partition coefficient (Wildman–Crippen LogP) is -5.11. The summed E-state index contributed by atoms with van der Waals surface area (Å²) in [7, 11) is 0. The molecule has 2 bridgehead atoms. The van der Waals surface area contributed by atoms with E-state index in [1.54, 1.807) is 0 Å². The molecule has 17 unspecified atom stereocenters. The third-order valence-corrected chi connectivity index (χ3v) is 17.1. The van der Waals surface area contributed by atoms with E-state index in [1.807, 2.05) is 6.92 Å². The van der Waals surface area contributed by atoms with Crippen molar-refractivity contribution in [3.63, 3.8) is 0 Å². The lowest BCUT2D eigenvalue weighted by molar-refractivity contribution is -0.400. The second-order valence-electron chi connectivity index (χ2n) is 20.8. The average Bonchev–Trinajstić information content (AvgIpc) is 3.50. The summed E-state index contributed by atoms with van der Waals surface area (Å²) in [6, 6.07) is 0. The van der Waals surface area contributed by atoms with Gasteiger partial charge < -0.3 is 109 Å². The Morgan fingerprint density at radius 3 is 1.57 bits per heavy atom. The summed E-state index contributed by atoms with van der Waals surface area (Å²) in [5.41, 5.74) is -2.33. The van der Waals surface area contributed by atoms with Gasteiger partial charge in [0.1, 0.15) is 97.7 Å². The van der Waals surface area contributed by atoms with Crippen molar-refractivity contribution < 1.29 is 114 Å². The number of hydrogen-bond donors (Lipinski definition) is 14. The second kappa shape index (κ2) is 19.4. The molecule has 4 aliphatic heterocycles. The zero-order valence-corrected chi connectivity index (χ0v) is 37.5. The van der Waals surface area contributed by atoms with Gasteiger partial charge in [0.05, 0.1) is 37.4 Å². The molecule has 23 nitrogen and oxygen atoms in total. The van der Waals surface area contributed by atoms with Gasteiger partial charge in [0.2, 0.25) is 6.29 Å². The van der Waals surface area contributed by atoms with Crippen molar-refractivity contribution in [1.29, 1.82) is 0 Å². The number of aliphatic hydroxyl groups is 14. The molecule has 0 amide bonds. The van der Waals surface area contributed by atoms with E-state index >= 15 is 0 Å². The largest absolute Gasteiger partial charge is 0.432 e. The fourth-order valence-corrected chi connectivity index (χ4v) is 13.5. The fourth-order valence-electron chi connectivity index (χ4n) is 13.5. The average molecular weight is 967 g/mol. The van der Waals surface area contributed by atoms with E-state index in [1.165, 1.54) is 0 Å². The molecule has 0 aromatic heterocycles. The van der Waals surface area contributed by atoms with Gasteiger partial charge in [-0.05, 0) is 86.5 Å². The molecule has 8 rings (SSSR count). The second-order valence-corrected chi connectivity index (χ2v) is 20.8. The van der Waals surface area contributed by atoms with Crippen LogP contribution in [0.25, 0.3) is 0 Å². The van der Waals surface area contributed by atoms with Crippen LogP contribution < -0.4 is 0 Å². The number of ether oxygens (including phenoxy) is 8. The lowest BCUT2D eigenvalue weighted by Gasteiger charge is -2.64. The van der Waals surface area contributed by atoms with Gasteiger partial charge in [0, 0.05) is 0 Å². The number of hydrogen-bond acceptors (Lipinski definition) is 23. The summed E-state index contributed by atoms with van der Waals surface area (Å²) in [5, 5.41) is 148. The first-order chi connectivity index (χ1) is 31.6. The molecule has 67 heavy (non-hydrogen) atoms. The van der Waals surface area contributed by atoms with Crippen LogP contribution >= 0.6 is 0 Å². The van der Waals surface area contributed by atoms with Crippen molar-refractivity contribution in [1.82, 2.24) is 0 Å². The Bertz CT molecular complexity index is 1760. The van der Waals surface area contributed by atoms with Crippen LogP contribution in [0.2, 0.25) is 0 Å². The molecular weight excluding hydrogens is 896 g/mol. The molecular formula is C44H70O23. The highest BCUT2D eigenvalue weighted by atomic mass is 16.8. The molecule has 8 fully saturated rings. The Morgan fingerprint density at radius 1 is 0.567 bits per heavy atom. The van der Waals surface area contributed by atoms with E-state index in [4.69, 9.17) is 37.9 Å². The first-order valence-electron chi connectivity index (χ1n) is 23.4. The highest BCUT2D eigenvalue weighted by Crippen LogP contribution is 2.74. The van der Waals surface area contributed by atoms with E-state index in [9.17, 15) is 76.3 Å². The minimum Gasteiger partial charge on any atom is -0.432 e. The third-order valence-electron chi connectivity index (χ3n) is 17.1. The van der Waals surface area contributed by atoms with Crippen molar-refractivity contribution in [2.24, 2.45) is 28.1 Å². The van der Waals surface area contributed by atoms with Crippen LogP contribution in [0.15, 0.2) is 12.2 Å². The lowest BCUT2D eigenvalue weighted by Crippen LogP contribution is -2.68. The Kier molecular flexibility index (Phi) is 15.0. The van der Waals surface area contributed by atoms with Crippen LogP contribution in [0, 0.1) is 28.1 Å². The van der Waals surface area contributed by atoms with Crippen LogP contribution in [-0.4, -0.2) is 232 Å². The molecule has 4 aliphatic carbocycles. The Hall–Kier alpha value is -1.63. The van der Waals surface area contributed by atoms with Crippen LogP contribution in [0.3, 0.4) is 0 Å². The van der Waals surface area contributed by atoms with E-state index in [2.05, 4.69) is 13.5 Å². The summed E-state index contributed by atoms with van der Waals surface area (Å²) < 4.78 is 48.2. The van der Waals surface area contributed by atoms with E-state index in [0.717, 1.165) is 6.42 Å². The molecule has 26 atom stereocenters. The van der Waals surface area contributed by atoms with Crippen molar-refractivity contribution in [2.45, 2.75) is 200 Å². The lowest BCUT2D eigenvalue weighted by atomic mass is 9.41. The van der Waals surface area contributed by atoms with Crippen LogP contribution in [0.4, 0.5) is 0 Å². The number of carbonyl (C=O) groups is 1. The maximum absolute atomic E-state index is 14.3. The fraction of sp³-hybridized carbons (Fsp3) is 0.932. The monoisotopic (exact) mass is 966 g/mol. The Morgan fingerprint density at radius 2 is 1.03 bits per heavy atom. The summed E-state index contributed by atoms with van der Waals surface area (Å²) >= 11 is 0. The predicted molar refractivity (Wildman–Crippen MR) is 219 cm³/mol. The molecule has 23 heteroatoms. The minimum atomic E-state index is -1.95. The first-order valence-corrected chi connectivity index (χ1v) is 23.4. The zero-order valence-electron chi connectivity index (χ0n) is 37.5. The minimum absolute atomic E-state index is 0.0251. The van der Waals surface area contributed by atoms with E-state index in [0.29, 0.717) is 56.9 Å². The van der Waals surface area contributed by atoms with Crippen LogP contribution in [0.1, 0.15) is 71.6 Å². The van der Waals surface area contributed by atoms with Gasteiger partial charge in [0.15, 0.2) is 18.9 Å². The molecule has 8 aliphatic rings. The van der Waals surface area contributed by atoms with Crippen LogP contribution in [0.5, 0.6) is 0 Å². The Balaban J connectivity index is 1.06. The van der Waals surface area contributed by atoms with Crippen molar-refractivity contribution in [3.8, 4) is 0 Å². The van der Waals surface area contributed by atoms with Gasteiger partial charge in [-0.2, -0.15) is 0 Å². The highest BCUT2D eigenvalue weighted by molar-refractivity contribution is 5.77. The SMILES string of the molecule is C=C1C[C@@]23CC[C@H]4[C@@](C)(CCC[C@@]4(C)C(=O)O[C@@H]4OC(CO)[C@H](O)[C@H](O)C4O)[C@@H]2CC[C@]1(OC1OC(CO)C(O)C(OC2OC(CO)C(O)C(O)C2O)C1OC1OC(CO)C(O)C(O)C1O)C3. The smallest absolute Gasteiger partial charge is 0.314 e. The summed E-state index contributed by atoms with van der Waals surface area (Å²) in [5.74, 6) is -0.805. The van der Waals surface area contributed by atoms with Gasteiger partial charge in [-0.25, -0.2) is 0 Å². The van der Waals surface area contributed by atoms with Gasteiger partial charge in [-0.15, -0.1) is 0 Å². The molecule has 4 saturated heterocycles. The Labute approximate surface area is 386 Å². The summed E-state index contributed by atoms with van der Waals surface area (Å²) in [6.07, 6.45) is -29.1. The van der Waals surface area contributed by atoms with Gasteiger partial charge in [-0.1, -0.05) is 19.9 Å². The normalized spacial score (nSPS) is 54.5. The molecule has 14 N–H and O–H groups in total. The van der Waals surface area contributed by atoms with Crippen LogP contribution in [-0.2, 0) is 42.7 Å². The number of esters is 1. The summed E-state index contributed by atoms with van der Waals surface area (Å²) in [4.78, 5) is 14.3. The number of fused-ring (bicyclic) bond motifs is 3. The highest BCUT2D eigenvalue weighted by Gasteiger charge is 2.70. The molecule has 384 valence electrons. The van der Waals surface area contributed by atoms with Crippen molar-refractivity contribution >= 4 is 5.97 Å². The van der Waals surface area contributed by atoms with E-state index in [-0.39, 0.29) is 11.8 Å². The van der Waals surface area contributed by atoms with Gasteiger partial charge >= 0.3 is 5.97 Å². The third kappa shape index (κ3) is 8.63.